The molecule has 0 unspecified atom stereocenters. The molecule has 0 saturated carbocycles. The van der Waals surface area contributed by atoms with Crippen LogP contribution < -0.4 is 10.2 Å². The zero-order chi connectivity index (χ0) is 16.1. The van der Waals surface area contributed by atoms with Crippen LogP contribution in [0.15, 0.2) is 28.7 Å². The van der Waals surface area contributed by atoms with Gasteiger partial charge in [-0.1, -0.05) is 17.7 Å². The third-order valence-corrected chi connectivity index (χ3v) is 4.00. The second-order valence-electron chi connectivity index (χ2n) is 5.71. The van der Waals surface area contributed by atoms with Gasteiger partial charge in [0.05, 0.1) is 26.3 Å². The molecular formula is C17H21N4O2+. The highest BCUT2D eigenvalue weighted by Gasteiger charge is 2.16. The molecule has 6 nitrogen and oxygen atoms in total. The number of hydrogen-bond acceptors (Lipinski definition) is 5. The van der Waals surface area contributed by atoms with Gasteiger partial charge in [-0.15, -0.1) is 0 Å². The van der Waals surface area contributed by atoms with Gasteiger partial charge in [0.2, 0.25) is 17.5 Å². The van der Waals surface area contributed by atoms with E-state index in [9.17, 15) is 5.26 Å². The average Bonchev–Trinajstić information content (AvgIpc) is 3.00. The number of nitrogens with one attached hydrogen (secondary N) is 2. The van der Waals surface area contributed by atoms with E-state index in [1.807, 2.05) is 31.2 Å². The minimum absolute atomic E-state index is 0.303. The molecule has 0 atom stereocenters. The summed E-state index contributed by atoms with van der Waals surface area (Å²) in [5.74, 6) is 0.929. The van der Waals surface area contributed by atoms with E-state index in [1.165, 1.54) is 10.5 Å². The van der Waals surface area contributed by atoms with Gasteiger partial charge < -0.3 is 19.4 Å². The van der Waals surface area contributed by atoms with Crippen LogP contribution in [0.4, 0.5) is 5.88 Å². The van der Waals surface area contributed by atoms with Crippen LogP contribution in [0.2, 0.25) is 0 Å². The molecule has 2 N–H and O–H groups in total. The van der Waals surface area contributed by atoms with E-state index in [-0.39, 0.29) is 0 Å². The molecule has 3 rings (SSSR count). The van der Waals surface area contributed by atoms with Gasteiger partial charge in [0.15, 0.2) is 0 Å². The summed E-state index contributed by atoms with van der Waals surface area (Å²) in [6, 6.07) is 9.99. The lowest BCUT2D eigenvalue weighted by Crippen LogP contribution is -3.14. The molecule has 0 bridgehead atoms. The number of anilines is 1. The predicted molar refractivity (Wildman–Crippen MR) is 86.3 cm³/mol. The molecule has 1 aromatic heterocycles. The summed E-state index contributed by atoms with van der Waals surface area (Å²) in [7, 11) is 0. The van der Waals surface area contributed by atoms with Gasteiger partial charge >= 0.3 is 0 Å². The van der Waals surface area contributed by atoms with Crippen molar-refractivity contribution in [3.63, 3.8) is 0 Å². The Labute approximate surface area is 135 Å². The lowest BCUT2D eigenvalue weighted by Gasteiger charge is -2.23. The Hall–Kier alpha value is -2.36. The molecule has 0 radical (unpaired) electrons. The Morgan fingerprint density at radius 3 is 2.70 bits per heavy atom. The first kappa shape index (κ1) is 15.5. The van der Waals surface area contributed by atoms with Gasteiger partial charge in [-0.3, -0.25) is 0 Å². The molecular weight excluding hydrogens is 292 g/mol. The van der Waals surface area contributed by atoms with E-state index in [0.717, 1.165) is 45.0 Å². The van der Waals surface area contributed by atoms with Crippen LogP contribution in [0.1, 0.15) is 11.3 Å². The molecule has 23 heavy (non-hydrogen) atoms. The molecule has 2 aromatic rings. The fourth-order valence-corrected chi connectivity index (χ4v) is 2.60. The third-order valence-electron chi connectivity index (χ3n) is 4.00. The quantitative estimate of drug-likeness (QED) is 0.856. The van der Waals surface area contributed by atoms with Gasteiger partial charge in [-0.2, -0.15) is 10.2 Å². The number of nitriles is 1. The van der Waals surface area contributed by atoms with Crippen LogP contribution in [-0.4, -0.2) is 44.4 Å². The normalized spacial score (nSPS) is 15.3. The fourth-order valence-electron chi connectivity index (χ4n) is 2.60. The third kappa shape index (κ3) is 3.89. The van der Waals surface area contributed by atoms with E-state index >= 15 is 0 Å². The van der Waals surface area contributed by atoms with Crippen molar-refractivity contribution >= 4 is 5.88 Å². The zero-order valence-corrected chi connectivity index (χ0v) is 13.3. The number of benzene rings is 1. The molecule has 120 valence electrons. The van der Waals surface area contributed by atoms with Crippen molar-refractivity contribution in [3.05, 3.63) is 35.5 Å². The molecule has 1 fully saturated rings. The van der Waals surface area contributed by atoms with Gasteiger partial charge in [-0.05, 0) is 19.1 Å². The molecule has 1 aliphatic rings. The second kappa shape index (κ2) is 7.27. The van der Waals surface area contributed by atoms with E-state index in [1.54, 1.807) is 0 Å². The molecule has 0 spiro atoms. The zero-order valence-electron chi connectivity index (χ0n) is 13.3. The summed E-state index contributed by atoms with van der Waals surface area (Å²) < 4.78 is 11.1. The molecule has 1 aliphatic heterocycles. The van der Waals surface area contributed by atoms with Crippen molar-refractivity contribution in [2.24, 2.45) is 0 Å². The van der Waals surface area contributed by atoms with Gasteiger partial charge in [-0.25, -0.2) is 0 Å². The number of aromatic nitrogens is 1. The number of nitrogens with zero attached hydrogens (tertiary/aromatic N) is 2. The first-order valence-electron chi connectivity index (χ1n) is 7.89. The Morgan fingerprint density at radius 1 is 1.26 bits per heavy atom. The first-order chi connectivity index (χ1) is 11.3. The number of rotatable bonds is 5. The summed E-state index contributed by atoms with van der Waals surface area (Å²) in [4.78, 5) is 5.78. The number of quaternary nitrogens is 1. The number of morpholine rings is 1. The van der Waals surface area contributed by atoms with Gasteiger partial charge in [0.1, 0.15) is 19.2 Å². The summed E-state index contributed by atoms with van der Waals surface area (Å²) in [6.07, 6.45) is 0. The SMILES string of the molecule is Cc1ccc(-c2nc(C#N)c(NCC[NH+]3CCOCC3)o2)cc1. The summed E-state index contributed by atoms with van der Waals surface area (Å²) >= 11 is 0. The van der Waals surface area contributed by atoms with Crippen molar-refractivity contribution in [1.29, 1.82) is 5.26 Å². The highest BCUT2D eigenvalue weighted by Crippen LogP contribution is 2.25. The minimum Gasteiger partial charge on any atom is -0.419 e. The Morgan fingerprint density at radius 2 is 2.00 bits per heavy atom. The van der Waals surface area contributed by atoms with Crippen LogP contribution in [0.25, 0.3) is 11.5 Å². The largest absolute Gasteiger partial charge is 0.419 e. The highest BCUT2D eigenvalue weighted by molar-refractivity contribution is 5.59. The standard InChI is InChI=1S/C17H20N4O2/c1-13-2-4-14(5-3-13)16-20-15(12-18)17(23-16)19-6-7-21-8-10-22-11-9-21/h2-5,19H,6-11H2,1H3/p+1. The van der Waals surface area contributed by atoms with Crippen LogP contribution in [0, 0.1) is 18.3 Å². The van der Waals surface area contributed by atoms with E-state index < -0.39 is 0 Å². The van der Waals surface area contributed by atoms with Crippen LogP contribution in [-0.2, 0) is 4.74 Å². The number of aryl methyl sites for hydroxylation is 1. The fraction of sp³-hybridized carbons (Fsp3) is 0.412. The minimum atomic E-state index is 0.303. The lowest BCUT2D eigenvalue weighted by atomic mass is 10.1. The Kier molecular flexibility index (Phi) is 4.91. The van der Waals surface area contributed by atoms with Crippen molar-refractivity contribution in [3.8, 4) is 17.5 Å². The topological polar surface area (TPSA) is 75.5 Å². The number of ether oxygens (including phenoxy) is 1. The van der Waals surface area contributed by atoms with E-state index in [4.69, 9.17) is 9.15 Å². The van der Waals surface area contributed by atoms with Crippen LogP contribution >= 0.6 is 0 Å². The highest BCUT2D eigenvalue weighted by atomic mass is 16.5. The van der Waals surface area contributed by atoms with Crippen molar-refractivity contribution in [2.75, 3.05) is 44.7 Å². The van der Waals surface area contributed by atoms with Crippen molar-refractivity contribution in [1.82, 2.24) is 4.98 Å². The predicted octanol–water partition coefficient (Wildman–Crippen LogP) is 0.849. The molecule has 0 amide bonds. The maximum absolute atomic E-state index is 9.24. The molecule has 0 aliphatic carbocycles. The van der Waals surface area contributed by atoms with Crippen LogP contribution in [0.3, 0.4) is 0 Å². The maximum Gasteiger partial charge on any atom is 0.232 e. The number of hydrogen-bond donors (Lipinski definition) is 2. The average molecular weight is 313 g/mol. The van der Waals surface area contributed by atoms with E-state index in [2.05, 4.69) is 16.4 Å². The summed E-state index contributed by atoms with van der Waals surface area (Å²) in [5.41, 5.74) is 2.35. The first-order valence-corrected chi connectivity index (χ1v) is 7.89. The molecule has 6 heteroatoms. The number of oxazole rings is 1. The maximum atomic E-state index is 9.24. The Balaban J connectivity index is 1.64. The molecule has 2 heterocycles. The van der Waals surface area contributed by atoms with Crippen molar-refractivity contribution in [2.45, 2.75) is 6.92 Å². The monoisotopic (exact) mass is 313 g/mol. The van der Waals surface area contributed by atoms with Gasteiger partial charge in [0, 0.05) is 5.56 Å². The second-order valence-corrected chi connectivity index (χ2v) is 5.71. The summed E-state index contributed by atoms with van der Waals surface area (Å²) in [5, 5.41) is 12.4. The van der Waals surface area contributed by atoms with Gasteiger partial charge in [0.25, 0.3) is 0 Å². The van der Waals surface area contributed by atoms with E-state index in [0.29, 0.717) is 17.5 Å². The molecule has 1 aromatic carbocycles. The lowest BCUT2D eigenvalue weighted by molar-refractivity contribution is -0.906. The van der Waals surface area contributed by atoms with Crippen LogP contribution in [0.5, 0.6) is 0 Å². The molecule has 1 saturated heterocycles. The smallest absolute Gasteiger partial charge is 0.232 e. The Bertz CT molecular complexity index is 682. The van der Waals surface area contributed by atoms with Crippen molar-refractivity contribution < 1.29 is 14.1 Å². The summed E-state index contributed by atoms with van der Waals surface area (Å²) in [6.45, 7) is 7.43.